The second-order valence-electron chi connectivity index (χ2n) is 4.83. The van der Waals surface area contributed by atoms with Crippen LogP contribution in [-0.4, -0.2) is 17.8 Å². The number of nitrogens with one attached hydrogen (secondary N) is 1. The van der Waals surface area contributed by atoms with E-state index in [1.165, 1.54) is 24.3 Å². The van der Waals surface area contributed by atoms with Gasteiger partial charge in [-0.1, -0.05) is 24.3 Å². The van der Waals surface area contributed by atoms with Crippen LogP contribution in [0.5, 0.6) is 0 Å². The van der Waals surface area contributed by atoms with Gasteiger partial charge in [0.05, 0.1) is 11.9 Å². The number of aromatic carboxylic acids is 1. The third-order valence-corrected chi connectivity index (χ3v) is 3.46. The Hall–Kier alpha value is -2.63. The second-order valence-corrected chi connectivity index (χ2v) is 4.83. The fourth-order valence-corrected chi connectivity index (χ4v) is 2.29. The van der Waals surface area contributed by atoms with Crippen molar-refractivity contribution < 1.29 is 24.6 Å². The summed E-state index contributed by atoms with van der Waals surface area (Å²) in [5, 5.41) is 24.3. The SMILES string of the molecule is O=C([O-])c1ccc(NC(=O)[C@@H]2CC=CC[C@@H]2C(=O)[O-])cc1. The topological polar surface area (TPSA) is 109 Å². The summed E-state index contributed by atoms with van der Waals surface area (Å²) in [6.07, 6.45) is 4.09. The maximum atomic E-state index is 12.1. The Labute approximate surface area is 121 Å². The van der Waals surface area contributed by atoms with Crippen molar-refractivity contribution in [2.45, 2.75) is 12.8 Å². The van der Waals surface area contributed by atoms with E-state index in [1.54, 1.807) is 12.2 Å². The lowest BCUT2D eigenvalue weighted by Crippen LogP contribution is -2.41. The Bertz CT molecular complexity index is 591. The van der Waals surface area contributed by atoms with E-state index < -0.39 is 29.7 Å². The molecule has 0 heterocycles. The first-order chi connectivity index (χ1) is 9.99. The summed E-state index contributed by atoms with van der Waals surface area (Å²) in [5.41, 5.74) is 0.401. The first-order valence-electron chi connectivity index (χ1n) is 6.47. The highest BCUT2D eigenvalue weighted by atomic mass is 16.4. The van der Waals surface area contributed by atoms with E-state index in [9.17, 15) is 24.6 Å². The van der Waals surface area contributed by atoms with Crippen LogP contribution in [0.15, 0.2) is 36.4 Å². The van der Waals surface area contributed by atoms with Crippen LogP contribution in [0.3, 0.4) is 0 Å². The molecule has 1 N–H and O–H groups in total. The molecule has 0 saturated heterocycles. The largest absolute Gasteiger partial charge is 0.550 e. The lowest BCUT2D eigenvalue weighted by molar-refractivity contribution is -0.313. The molecule has 6 heteroatoms. The van der Waals surface area contributed by atoms with Gasteiger partial charge in [0.15, 0.2) is 0 Å². The third kappa shape index (κ3) is 3.47. The standard InChI is InChI=1S/C15H15NO5/c17-13(11-3-1-2-4-12(11)15(20)21)16-10-7-5-9(6-8-10)14(18)19/h1-2,5-8,11-12H,3-4H2,(H,16,17)(H,18,19)(H,20,21)/p-2/t11-,12+/m1/s1. The van der Waals surface area contributed by atoms with Crippen LogP contribution < -0.4 is 15.5 Å². The molecule has 0 bridgehead atoms. The number of amides is 1. The molecular weight excluding hydrogens is 274 g/mol. The molecule has 6 nitrogen and oxygen atoms in total. The van der Waals surface area contributed by atoms with E-state index in [1.807, 2.05) is 0 Å². The fraction of sp³-hybridized carbons (Fsp3) is 0.267. The molecule has 0 unspecified atom stereocenters. The van der Waals surface area contributed by atoms with Crippen LogP contribution in [0.2, 0.25) is 0 Å². The Balaban J connectivity index is 2.08. The molecule has 2 rings (SSSR count). The highest BCUT2D eigenvalue weighted by Crippen LogP contribution is 2.26. The summed E-state index contributed by atoms with van der Waals surface area (Å²) >= 11 is 0. The minimum Gasteiger partial charge on any atom is -0.550 e. The van der Waals surface area contributed by atoms with Crippen LogP contribution in [0.25, 0.3) is 0 Å². The van der Waals surface area contributed by atoms with Gasteiger partial charge in [-0.25, -0.2) is 0 Å². The molecule has 0 aliphatic heterocycles. The van der Waals surface area contributed by atoms with Crippen LogP contribution in [0, 0.1) is 11.8 Å². The summed E-state index contributed by atoms with van der Waals surface area (Å²) in [4.78, 5) is 33.8. The molecule has 0 aromatic heterocycles. The Morgan fingerprint density at radius 1 is 0.952 bits per heavy atom. The van der Waals surface area contributed by atoms with Crippen LogP contribution >= 0.6 is 0 Å². The number of hydrogen-bond donors (Lipinski definition) is 1. The molecule has 0 radical (unpaired) electrons. The monoisotopic (exact) mass is 287 g/mol. The van der Waals surface area contributed by atoms with Gasteiger partial charge < -0.3 is 25.1 Å². The molecule has 0 saturated carbocycles. The summed E-state index contributed by atoms with van der Waals surface area (Å²) in [6.45, 7) is 0. The smallest absolute Gasteiger partial charge is 0.228 e. The van der Waals surface area contributed by atoms with Gasteiger partial charge in [-0.3, -0.25) is 4.79 Å². The number of allylic oxidation sites excluding steroid dienone is 2. The first kappa shape index (κ1) is 14.8. The zero-order valence-electron chi connectivity index (χ0n) is 11.1. The van der Waals surface area contributed by atoms with Crippen molar-refractivity contribution >= 4 is 23.5 Å². The van der Waals surface area contributed by atoms with Gasteiger partial charge in [0, 0.05) is 17.6 Å². The number of carbonyl (C=O) groups is 3. The van der Waals surface area contributed by atoms with Crippen LogP contribution in [0.4, 0.5) is 5.69 Å². The molecule has 1 aromatic carbocycles. The maximum absolute atomic E-state index is 12.1. The molecule has 0 spiro atoms. The number of hydrogen-bond acceptors (Lipinski definition) is 5. The van der Waals surface area contributed by atoms with E-state index in [0.29, 0.717) is 12.1 Å². The number of carboxylic acids is 2. The van der Waals surface area contributed by atoms with Gasteiger partial charge in [0.25, 0.3) is 0 Å². The van der Waals surface area contributed by atoms with Crippen molar-refractivity contribution in [2.75, 3.05) is 5.32 Å². The van der Waals surface area contributed by atoms with E-state index in [4.69, 9.17) is 0 Å². The van der Waals surface area contributed by atoms with Crippen molar-refractivity contribution in [1.82, 2.24) is 0 Å². The van der Waals surface area contributed by atoms with Crippen molar-refractivity contribution in [1.29, 1.82) is 0 Å². The molecular formula is C15H13NO5-2. The van der Waals surface area contributed by atoms with E-state index in [0.717, 1.165) is 0 Å². The van der Waals surface area contributed by atoms with Gasteiger partial charge >= 0.3 is 0 Å². The van der Waals surface area contributed by atoms with Crippen molar-refractivity contribution in [3.05, 3.63) is 42.0 Å². The highest BCUT2D eigenvalue weighted by Gasteiger charge is 2.29. The van der Waals surface area contributed by atoms with Gasteiger partial charge in [0.1, 0.15) is 0 Å². The normalized spacial score (nSPS) is 20.8. The van der Waals surface area contributed by atoms with E-state index >= 15 is 0 Å². The van der Waals surface area contributed by atoms with Crippen molar-refractivity contribution in [2.24, 2.45) is 11.8 Å². The average Bonchev–Trinajstić information content (AvgIpc) is 2.47. The van der Waals surface area contributed by atoms with E-state index in [-0.39, 0.29) is 12.0 Å². The Morgan fingerprint density at radius 3 is 2.05 bits per heavy atom. The maximum Gasteiger partial charge on any atom is 0.228 e. The van der Waals surface area contributed by atoms with Crippen LogP contribution in [0.1, 0.15) is 23.2 Å². The predicted molar refractivity (Wildman–Crippen MR) is 69.8 cm³/mol. The number of rotatable bonds is 4. The summed E-state index contributed by atoms with van der Waals surface area (Å²) in [6, 6.07) is 5.47. The molecule has 2 atom stereocenters. The summed E-state index contributed by atoms with van der Waals surface area (Å²) < 4.78 is 0. The number of benzene rings is 1. The van der Waals surface area contributed by atoms with Crippen molar-refractivity contribution in [3.63, 3.8) is 0 Å². The fourth-order valence-electron chi connectivity index (χ4n) is 2.29. The molecule has 1 aliphatic carbocycles. The Morgan fingerprint density at radius 2 is 1.52 bits per heavy atom. The zero-order valence-corrected chi connectivity index (χ0v) is 11.1. The molecule has 1 aliphatic rings. The van der Waals surface area contributed by atoms with E-state index in [2.05, 4.69) is 5.32 Å². The number of carbonyl (C=O) groups excluding carboxylic acids is 3. The van der Waals surface area contributed by atoms with Gasteiger partial charge in [-0.15, -0.1) is 0 Å². The summed E-state index contributed by atoms with van der Waals surface area (Å²) in [7, 11) is 0. The zero-order chi connectivity index (χ0) is 15.4. The molecule has 0 fully saturated rings. The third-order valence-electron chi connectivity index (χ3n) is 3.46. The highest BCUT2D eigenvalue weighted by molar-refractivity contribution is 5.95. The lowest BCUT2D eigenvalue weighted by atomic mass is 9.82. The minimum atomic E-state index is -1.30. The van der Waals surface area contributed by atoms with Crippen LogP contribution in [-0.2, 0) is 9.59 Å². The number of carboxylic acid groups (broad SMARTS) is 2. The number of aliphatic carboxylic acids is 1. The average molecular weight is 287 g/mol. The van der Waals surface area contributed by atoms with Gasteiger partial charge in [-0.05, 0) is 30.5 Å². The minimum absolute atomic E-state index is 0.00112. The number of anilines is 1. The second kappa shape index (κ2) is 6.21. The summed E-state index contributed by atoms with van der Waals surface area (Å²) in [5.74, 6) is -4.51. The predicted octanol–water partition coefficient (Wildman–Crippen LogP) is -0.679. The van der Waals surface area contributed by atoms with Gasteiger partial charge in [0.2, 0.25) is 5.91 Å². The molecule has 1 amide bonds. The lowest BCUT2D eigenvalue weighted by Gasteiger charge is -2.28. The molecule has 110 valence electrons. The molecule has 1 aromatic rings. The quantitative estimate of drug-likeness (QED) is 0.738. The van der Waals surface area contributed by atoms with Crippen molar-refractivity contribution in [3.8, 4) is 0 Å². The first-order valence-corrected chi connectivity index (χ1v) is 6.47. The molecule has 21 heavy (non-hydrogen) atoms. The van der Waals surface area contributed by atoms with Gasteiger partial charge in [-0.2, -0.15) is 0 Å². The Kier molecular flexibility index (Phi) is 4.37.